The maximum Gasteiger partial charge on any atom is 0.242 e. The minimum absolute atomic E-state index is 0.0524. The first-order chi connectivity index (χ1) is 8.88. The molecule has 4 heteroatoms. The highest BCUT2D eigenvalue weighted by atomic mass is 16.5. The average Bonchev–Trinajstić information content (AvgIpc) is 2.39. The molecule has 1 aromatic carbocycles. The van der Waals surface area contributed by atoms with Gasteiger partial charge < -0.3 is 15.4 Å². The summed E-state index contributed by atoms with van der Waals surface area (Å²) in [5.74, 6) is 0.803. The molecule has 2 N–H and O–H groups in total. The summed E-state index contributed by atoms with van der Waals surface area (Å²) in [6.07, 6.45) is 0.620. The van der Waals surface area contributed by atoms with E-state index in [1.807, 2.05) is 38.1 Å². The average molecular weight is 264 g/mol. The Morgan fingerprint density at radius 3 is 2.63 bits per heavy atom. The highest BCUT2D eigenvalue weighted by molar-refractivity contribution is 5.85. The van der Waals surface area contributed by atoms with Crippen LogP contribution in [0.2, 0.25) is 0 Å². The second-order valence-corrected chi connectivity index (χ2v) is 5.11. The van der Waals surface area contributed by atoms with Gasteiger partial charge >= 0.3 is 0 Å². The fourth-order valence-corrected chi connectivity index (χ4v) is 1.70. The van der Waals surface area contributed by atoms with Gasteiger partial charge in [-0.25, -0.2) is 0 Å². The zero-order chi connectivity index (χ0) is 14.5. The molecule has 1 aromatic rings. The van der Waals surface area contributed by atoms with Crippen LogP contribution in [0.3, 0.4) is 0 Å². The largest absolute Gasteiger partial charge is 0.491 e. The monoisotopic (exact) mass is 264 g/mol. The molecular weight excluding hydrogens is 240 g/mol. The molecule has 0 saturated heterocycles. The molecule has 0 aliphatic heterocycles. The molecular formula is C15H24N2O2. The molecule has 1 amide bonds. The first-order valence-electron chi connectivity index (χ1n) is 6.61. The highest BCUT2D eigenvalue weighted by Gasteiger charge is 2.28. The third-order valence-electron chi connectivity index (χ3n) is 3.35. The van der Waals surface area contributed by atoms with Crippen molar-refractivity contribution in [3.05, 3.63) is 29.8 Å². The van der Waals surface area contributed by atoms with Gasteiger partial charge in [0.25, 0.3) is 0 Å². The van der Waals surface area contributed by atoms with Gasteiger partial charge in [-0.2, -0.15) is 0 Å². The van der Waals surface area contributed by atoms with Gasteiger partial charge in [0.1, 0.15) is 12.4 Å². The van der Waals surface area contributed by atoms with Crippen molar-refractivity contribution in [2.45, 2.75) is 32.7 Å². The van der Waals surface area contributed by atoms with Gasteiger partial charge in [0, 0.05) is 7.05 Å². The van der Waals surface area contributed by atoms with Gasteiger partial charge in [-0.05, 0) is 31.9 Å². The van der Waals surface area contributed by atoms with Crippen LogP contribution in [0.4, 0.5) is 0 Å². The van der Waals surface area contributed by atoms with E-state index in [-0.39, 0.29) is 5.91 Å². The molecule has 0 aromatic heterocycles. The number of carbonyl (C=O) groups excluding carboxylic acids is 1. The molecule has 4 nitrogen and oxygen atoms in total. The molecule has 0 heterocycles. The van der Waals surface area contributed by atoms with Crippen molar-refractivity contribution in [2.75, 3.05) is 20.2 Å². The lowest BCUT2D eigenvalue weighted by Crippen LogP contribution is -2.52. The van der Waals surface area contributed by atoms with Crippen LogP contribution in [0, 0.1) is 6.92 Å². The number of benzene rings is 1. The zero-order valence-electron chi connectivity index (χ0n) is 12.3. The molecule has 0 spiro atoms. The van der Waals surface area contributed by atoms with E-state index in [0.717, 1.165) is 11.3 Å². The quantitative estimate of drug-likeness (QED) is 0.854. The molecule has 0 saturated carbocycles. The van der Waals surface area contributed by atoms with E-state index in [9.17, 15) is 4.79 Å². The summed E-state index contributed by atoms with van der Waals surface area (Å²) < 4.78 is 5.67. The molecule has 1 unspecified atom stereocenters. The van der Waals surface area contributed by atoms with Crippen molar-refractivity contribution >= 4 is 5.91 Å². The molecule has 1 atom stereocenters. The van der Waals surface area contributed by atoms with Crippen LogP contribution in [0.25, 0.3) is 0 Å². The SMILES string of the molecule is CCC(C)(N)C(=O)N(C)CCOc1ccccc1C. The van der Waals surface area contributed by atoms with Crippen LogP contribution in [-0.2, 0) is 4.79 Å². The Bertz CT molecular complexity index is 430. The Morgan fingerprint density at radius 2 is 2.05 bits per heavy atom. The number of rotatable bonds is 6. The van der Waals surface area contributed by atoms with Crippen molar-refractivity contribution in [3.8, 4) is 5.75 Å². The lowest BCUT2D eigenvalue weighted by molar-refractivity contribution is -0.135. The minimum Gasteiger partial charge on any atom is -0.491 e. The summed E-state index contributed by atoms with van der Waals surface area (Å²) >= 11 is 0. The lowest BCUT2D eigenvalue weighted by Gasteiger charge is -2.28. The predicted octanol–water partition coefficient (Wildman–Crippen LogP) is 1.96. The maximum absolute atomic E-state index is 12.1. The van der Waals surface area contributed by atoms with Crippen molar-refractivity contribution in [1.82, 2.24) is 4.90 Å². The van der Waals surface area contributed by atoms with Crippen molar-refractivity contribution < 1.29 is 9.53 Å². The van der Waals surface area contributed by atoms with E-state index in [4.69, 9.17) is 10.5 Å². The minimum atomic E-state index is -0.794. The summed E-state index contributed by atoms with van der Waals surface area (Å²) in [5, 5.41) is 0. The van der Waals surface area contributed by atoms with E-state index in [2.05, 4.69) is 0 Å². The number of hydrogen-bond acceptors (Lipinski definition) is 3. The van der Waals surface area contributed by atoms with Crippen LogP contribution in [0.5, 0.6) is 5.75 Å². The van der Waals surface area contributed by atoms with Crippen LogP contribution < -0.4 is 10.5 Å². The standard InChI is InChI=1S/C15H24N2O2/c1-5-15(3,16)14(18)17(4)10-11-19-13-9-7-6-8-12(13)2/h6-9H,5,10-11,16H2,1-4H3. The topological polar surface area (TPSA) is 55.6 Å². The third-order valence-corrected chi connectivity index (χ3v) is 3.35. The second kappa shape index (κ2) is 6.57. The smallest absolute Gasteiger partial charge is 0.242 e. The van der Waals surface area contributed by atoms with E-state index in [1.165, 1.54) is 0 Å². The Labute approximate surface area is 115 Å². The van der Waals surface area contributed by atoms with E-state index in [1.54, 1.807) is 18.9 Å². The Balaban J connectivity index is 2.46. The second-order valence-electron chi connectivity index (χ2n) is 5.11. The van der Waals surface area contributed by atoms with E-state index in [0.29, 0.717) is 19.6 Å². The number of likely N-dealkylation sites (N-methyl/N-ethyl adjacent to an activating group) is 1. The molecule has 0 aliphatic rings. The molecule has 0 bridgehead atoms. The summed E-state index contributed by atoms with van der Waals surface area (Å²) in [7, 11) is 1.75. The Kier molecular flexibility index (Phi) is 5.36. The Hall–Kier alpha value is -1.55. The number of carbonyl (C=O) groups is 1. The first kappa shape index (κ1) is 15.5. The number of aryl methyl sites for hydroxylation is 1. The number of para-hydroxylation sites is 1. The molecule has 0 aliphatic carbocycles. The maximum atomic E-state index is 12.1. The van der Waals surface area contributed by atoms with Crippen molar-refractivity contribution in [3.63, 3.8) is 0 Å². The van der Waals surface area contributed by atoms with Gasteiger partial charge in [0.2, 0.25) is 5.91 Å². The van der Waals surface area contributed by atoms with E-state index < -0.39 is 5.54 Å². The fraction of sp³-hybridized carbons (Fsp3) is 0.533. The van der Waals surface area contributed by atoms with Gasteiger partial charge in [-0.1, -0.05) is 25.1 Å². The van der Waals surface area contributed by atoms with Crippen molar-refractivity contribution in [1.29, 1.82) is 0 Å². The molecule has 106 valence electrons. The normalized spacial score (nSPS) is 13.7. The van der Waals surface area contributed by atoms with E-state index >= 15 is 0 Å². The van der Waals surface area contributed by atoms with Crippen LogP contribution in [-0.4, -0.2) is 36.5 Å². The number of nitrogens with zero attached hydrogens (tertiary/aromatic N) is 1. The van der Waals surface area contributed by atoms with Gasteiger partial charge in [0.15, 0.2) is 0 Å². The Morgan fingerprint density at radius 1 is 1.42 bits per heavy atom. The van der Waals surface area contributed by atoms with Crippen LogP contribution >= 0.6 is 0 Å². The fourth-order valence-electron chi connectivity index (χ4n) is 1.70. The summed E-state index contributed by atoms with van der Waals surface area (Å²) in [5.41, 5.74) is 6.23. The highest BCUT2D eigenvalue weighted by Crippen LogP contribution is 2.16. The number of ether oxygens (including phenoxy) is 1. The number of hydrogen-bond donors (Lipinski definition) is 1. The predicted molar refractivity (Wildman–Crippen MR) is 77.2 cm³/mol. The van der Waals surface area contributed by atoms with Gasteiger partial charge in [0.05, 0.1) is 12.1 Å². The number of amides is 1. The van der Waals surface area contributed by atoms with Crippen LogP contribution in [0.15, 0.2) is 24.3 Å². The third kappa shape index (κ3) is 4.24. The van der Waals surface area contributed by atoms with Gasteiger partial charge in [-0.15, -0.1) is 0 Å². The summed E-state index contributed by atoms with van der Waals surface area (Å²) in [6.45, 7) is 6.66. The molecule has 0 radical (unpaired) electrons. The molecule has 19 heavy (non-hydrogen) atoms. The number of nitrogens with two attached hydrogens (primary N) is 1. The molecule has 1 rings (SSSR count). The zero-order valence-corrected chi connectivity index (χ0v) is 12.3. The first-order valence-corrected chi connectivity index (χ1v) is 6.61. The summed E-state index contributed by atoms with van der Waals surface area (Å²) in [4.78, 5) is 13.7. The van der Waals surface area contributed by atoms with Gasteiger partial charge in [-0.3, -0.25) is 4.79 Å². The van der Waals surface area contributed by atoms with Crippen molar-refractivity contribution in [2.24, 2.45) is 5.73 Å². The summed E-state index contributed by atoms with van der Waals surface area (Å²) in [6, 6.07) is 7.83. The lowest BCUT2D eigenvalue weighted by atomic mass is 9.99. The van der Waals surface area contributed by atoms with Crippen LogP contribution in [0.1, 0.15) is 25.8 Å². The molecule has 0 fully saturated rings.